The Morgan fingerprint density at radius 1 is 1.42 bits per heavy atom. The maximum atomic E-state index is 12.7. The Hall–Kier alpha value is 0.1000. The van der Waals surface area contributed by atoms with Gasteiger partial charge in [-0.05, 0) is 12.8 Å². The predicted octanol–water partition coefficient (Wildman–Crippen LogP) is 2.13. The maximum Gasteiger partial charge on any atom is 0.249 e. The molecule has 1 aliphatic carbocycles. The summed E-state index contributed by atoms with van der Waals surface area (Å²) in [6.07, 6.45) is -0.375. The van der Waals surface area contributed by atoms with Gasteiger partial charge in [0.15, 0.2) is 0 Å². The topological polar surface area (TPSA) is 34.1 Å². The van der Waals surface area contributed by atoms with E-state index in [0.29, 0.717) is 0 Å². The van der Waals surface area contributed by atoms with E-state index in [2.05, 4.69) is 0 Å². The number of rotatable bonds is 1. The van der Waals surface area contributed by atoms with Gasteiger partial charge < -0.3 is 0 Å². The van der Waals surface area contributed by atoms with Gasteiger partial charge in [-0.1, -0.05) is 0 Å². The third kappa shape index (κ3) is 2.55. The van der Waals surface area contributed by atoms with Crippen LogP contribution in [0.4, 0.5) is 8.78 Å². The van der Waals surface area contributed by atoms with E-state index in [1.807, 2.05) is 0 Å². The Bertz CT molecular complexity index is 263. The zero-order chi connectivity index (χ0) is 9.41. The summed E-state index contributed by atoms with van der Waals surface area (Å²) in [5.74, 6) is -2.86. The van der Waals surface area contributed by atoms with Crippen molar-refractivity contribution in [3.8, 4) is 0 Å². The largest absolute Gasteiger partial charge is 0.249 e. The lowest BCUT2D eigenvalue weighted by molar-refractivity contribution is -0.0322. The Labute approximate surface area is 74.3 Å². The van der Waals surface area contributed by atoms with Crippen LogP contribution in [0.25, 0.3) is 0 Å². The summed E-state index contributed by atoms with van der Waals surface area (Å²) >= 11 is 0. The third-order valence-corrected chi connectivity index (χ3v) is 3.95. The Morgan fingerprint density at radius 3 is 2.33 bits per heavy atom. The van der Waals surface area contributed by atoms with Crippen LogP contribution < -0.4 is 0 Å². The van der Waals surface area contributed by atoms with Crippen molar-refractivity contribution in [2.45, 2.75) is 36.9 Å². The van der Waals surface area contributed by atoms with E-state index in [0.717, 1.165) is 0 Å². The first-order chi connectivity index (χ1) is 5.31. The molecule has 0 N–H and O–H groups in total. The Morgan fingerprint density at radius 2 is 2.00 bits per heavy atom. The van der Waals surface area contributed by atoms with E-state index in [-0.39, 0.29) is 19.3 Å². The number of alkyl halides is 2. The molecule has 1 rings (SSSR count). The van der Waals surface area contributed by atoms with Gasteiger partial charge in [0.05, 0.1) is 5.25 Å². The maximum absolute atomic E-state index is 12.7. The normalized spacial score (nSPS) is 30.1. The fraction of sp³-hybridized carbons (Fsp3) is 1.00. The number of hydrogen-bond donors (Lipinski definition) is 0. The van der Waals surface area contributed by atoms with Gasteiger partial charge in [0.25, 0.3) is 0 Å². The second kappa shape index (κ2) is 3.10. The molecular weight excluding hydrogens is 210 g/mol. The minimum atomic E-state index is -3.80. The van der Waals surface area contributed by atoms with Gasteiger partial charge in [0.1, 0.15) is 0 Å². The zero-order valence-corrected chi connectivity index (χ0v) is 7.84. The first kappa shape index (κ1) is 10.2. The minimum Gasteiger partial charge on any atom is -0.212 e. The van der Waals surface area contributed by atoms with Gasteiger partial charge >= 0.3 is 0 Å². The second-order valence-corrected chi connectivity index (χ2v) is 5.96. The van der Waals surface area contributed by atoms with Crippen LogP contribution in [0.2, 0.25) is 0 Å². The van der Waals surface area contributed by atoms with Crippen LogP contribution in [0, 0.1) is 0 Å². The van der Waals surface area contributed by atoms with Crippen LogP contribution in [-0.4, -0.2) is 19.6 Å². The second-order valence-electron chi connectivity index (χ2n) is 3.05. The van der Waals surface area contributed by atoms with Gasteiger partial charge in [-0.25, -0.2) is 17.2 Å². The lowest BCUT2D eigenvalue weighted by Gasteiger charge is -2.26. The summed E-state index contributed by atoms with van der Waals surface area (Å²) in [6.45, 7) is 0. The van der Waals surface area contributed by atoms with Crippen molar-refractivity contribution < 1.29 is 17.2 Å². The first-order valence-electron chi connectivity index (χ1n) is 3.62. The van der Waals surface area contributed by atoms with Crippen LogP contribution in [0.15, 0.2) is 0 Å². The molecule has 0 amide bonds. The standard InChI is InChI=1S/C6H9ClF2O2S/c7-12(10,11)5-2-1-3-6(8,9)4-5/h5H,1-4H2/t5-/m0/s1. The minimum absolute atomic E-state index is 0.226. The van der Waals surface area contributed by atoms with Crippen LogP contribution in [0.1, 0.15) is 25.7 Å². The smallest absolute Gasteiger partial charge is 0.212 e. The van der Waals surface area contributed by atoms with Crippen LogP contribution in [-0.2, 0) is 9.05 Å². The van der Waals surface area contributed by atoms with Crippen molar-refractivity contribution in [1.82, 2.24) is 0 Å². The Balaban J connectivity index is 2.71. The molecule has 2 nitrogen and oxygen atoms in total. The van der Waals surface area contributed by atoms with Crippen LogP contribution >= 0.6 is 10.7 Å². The van der Waals surface area contributed by atoms with Gasteiger partial charge in [-0.2, -0.15) is 0 Å². The highest BCUT2D eigenvalue weighted by molar-refractivity contribution is 8.14. The van der Waals surface area contributed by atoms with Gasteiger partial charge in [0.2, 0.25) is 15.0 Å². The van der Waals surface area contributed by atoms with E-state index < -0.39 is 26.6 Å². The third-order valence-electron chi connectivity index (χ3n) is 1.99. The summed E-state index contributed by atoms with van der Waals surface area (Å²) in [5.41, 5.74) is 0. The van der Waals surface area contributed by atoms with E-state index >= 15 is 0 Å². The quantitative estimate of drug-likeness (QED) is 0.632. The average Bonchev–Trinajstić information content (AvgIpc) is 1.83. The highest BCUT2D eigenvalue weighted by Crippen LogP contribution is 2.36. The molecule has 1 fully saturated rings. The molecule has 1 atom stereocenters. The molecule has 0 unspecified atom stereocenters. The van der Waals surface area contributed by atoms with Crippen LogP contribution in [0.5, 0.6) is 0 Å². The van der Waals surface area contributed by atoms with Crippen LogP contribution in [0.3, 0.4) is 0 Å². The lowest BCUT2D eigenvalue weighted by Crippen LogP contribution is -2.32. The monoisotopic (exact) mass is 218 g/mol. The molecule has 0 spiro atoms. The van der Waals surface area contributed by atoms with Crippen molar-refractivity contribution in [2.75, 3.05) is 0 Å². The van der Waals surface area contributed by atoms with Gasteiger partial charge in [0, 0.05) is 23.5 Å². The summed E-state index contributed by atoms with van der Waals surface area (Å²) in [7, 11) is 1.17. The first-order valence-corrected chi connectivity index (χ1v) is 6.00. The molecular formula is C6H9ClF2O2S. The van der Waals surface area contributed by atoms with E-state index in [4.69, 9.17) is 10.7 Å². The molecule has 0 aromatic rings. The molecule has 0 radical (unpaired) electrons. The van der Waals surface area contributed by atoms with Crippen molar-refractivity contribution in [3.05, 3.63) is 0 Å². The fourth-order valence-electron chi connectivity index (χ4n) is 1.37. The van der Waals surface area contributed by atoms with Crippen molar-refractivity contribution in [2.24, 2.45) is 0 Å². The number of halogens is 3. The molecule has 0 aliphatic heterocycles. The molecule has 1 aliphatic rings. The lowest BCUT2D eigenvalue weighted by atomic mass is 9.96. The summed E-state index contributed by atoms with van der Waals surface area (Å²) in [6, 6.07) is 0. The molecule has 0 aromatic heterocycles. The van der Waals surface area contributed by atoms with Gasteiger partial charge in [-0.15, -0.1) is 0 Å². The summed E-state index contributed by atoms with van der Waals surface area (Å²) in [4.78, 5) is 0. The Kier molecular flexibility index (Phi) is 2.63. The van der Waals surface area contributed by atoms with Crippen molar-refractivity contribution in [3.63, 3.8) is 0 Å². The molecule has 0 bridgehead atoms. The van der Waals surface area contributed by atoms with Crippen molar-refractivity contribution >= 4 is 19.7 Å². The summed E-state index contributed by atoms with van der Waals surface area (Å²) < 4.78 is 46.7. The van der Waals surface area contributed by atoms with Crippen molar-refractivity contribution in [1.29, 1.82) is 0 Å². The molecule has 0 aromatic carbocycles. The molecule has 72 valence electrons. The summed E-state index contributed by atoms with van der Waals surface area (Å²) in [5, 5.41) is -1.07. The molecule has 0 saturated heterocycles. The van der Waals surface area contributed by atoms with E-state index in [9.17, 15) is 17.2 Å². The molecule has 6 heteroatoms. The van der Waals surface area contributed by atoms with E-state index in [1.54, 1.807) is 0 Å². The van der Waals surface area contributed by atoms with E-state index in [1.165, 1.54) is 0 Å². The SMILES string of the molecule is O=S(=O)(Cl)[C@H]1CCCC(F)(F)C1. The predicted molar refractivity (Wildman–Crippen MR) is 42.0 cm³/mol. The number of hydrogen-bond acceptors (Lipinski definition) is 2. The molecule has 12 heavy (non-hydrogen) atoms. The average molecular weight is 219 g/mol. The zero-order valence-electron chi connectivity index (χ0n) is 6.26. The highest BCUT2D eigenvalue weighted by Gasteiger charge is 2.41. The van der Waals surface area contributed by atoms with Gasteiger partial charge in [-0.3, -0.25) is 0 Å². The molecule has 1 saturated carbocycles. The highest BCUT2D eigenvalue weighted by atomic mass is 35.7. The fourth-order valence-corrected chi connectivity index (χ4v) is 2.71. The molecule has 0 heterocycles.